The molecule has 4 heterocycles. The topological polar surface area (TPSA) is 515 Å². The minimum absolute atomic E-state index is 0. The number of likely N-dealkylation sites (N-methyl/N-ethyl adjacent to an activating group) is 4. The van der Waals surface area contributed by atoms with Gasteiger partial charge in [-0.05, 0) is 159 Å². The van der Waals surface area contributed by atoms with Crippen molar-refractivity contribution in [2.75, 3.05) is 55.5 Å². The Bertz CT molecular complexity index is 4980. The van der Waals surface area contributed by atoms with Gasteiger partial charge in [0, 0.05) is 54.1 Å². The predicted octanol–water partition coefficient (Wildman–Crippen LogP) is 5.30. The second-order valence-corrected chi connectivity index (χ2v) is 41.3. The summed E-state index contributed by atoms with van der Waals surface area (Å²) >= 11 is 0. The van der Waals surface area contributed by atoms with Crippen molar-refractivity contribution in [3.8, 4) is 11.5 Å². The number of aliphatic hydroxyl groups excluding tert-OH is 2. The van der Waals surface area contributed by atoms with Crippen LogP contribution in [-0.4, -0.2) is 305 Å². The second-order valence-electron chi connectivity index (χ2n) is 41.3. The lowest BCUT2D eigenvalue weighted by molar-refractivity contribution is -0.419. The van der Waals surface area contributed by atoms with Crippen LogP contribution in [-0.2, 0) is 122 Å². The zero-order valence-electron chi connectivity index (χ0n) is 90.5. The Morgan fingerprint density at radius 2 is 0.831 bits per heavy atom. The maximum absolute atomic E-state index is 14.8. The van der Waals surface area contributed by atoms with Gasteiger partial charge in [0.15, 0.2) is 18.3 Å². The van der Waals surface area contributed by atoms with Crippen LogP contribution in [0.25, 0.3) is 0 Å². The number of hydrogen-bond acceptors (Lipinski definition) is 26. The van der Waals surface area contributed by atoms with E-state index in [2.05, 4.69) is 32.3 Å². The van der Waals surface area contributed by atoms with Gasteiger partial charge in [-0.25, -0.2) is 24.0 Å². The van der Waals surface area contributed by atoms with Crippen LogP contribution in [0.3, 0.4) is 0 Å². The molecule has 0 saturated carbocycles. The van der Waals surface area contributed by atoms with E-state index < -0.39 is 235 Å². The van der Waals surface area contributed by atoms with Crippen molar-refractivity contribution in [2.45, 2.75) is 337 Å². The quantitative estimate of drug-likeness (QED) is 0.0246. The van der Waals surface area contributed by atoms with Gasteiger partial charge in [-0.15, -0.1) is 0 Å². The summed E-state index contributed by atoms with van der Waals surface area (Å²) in [5, 5.41) is 46.1. The summed E-state index contributed by atoms with van der Waals surface area (Å²) < 4.78 is 44.7. The average molecular weight is 2100 g/mol. The van der Waals surface area contributed by atoms with E-state index in [-0.39, 0.29) is 107 Å². The summed E-state index contributed by atoms with van der Waals surface area (Å²) in [6.45, 7) is 32.5. The Balaban J connectivity index is 0.000000447. The van der Waals surface area contributed by atoms with Gasteiger partial charge in [0.2, 0.25) is 41.5 Å². The molecule has 4 aromatic carbocycles. The molecule has 4 aromatic rings. The number of quaternary nitrogens is 1. The molecule has 148 heavy (non-hydrogen) atoms. The Hall–Kier alpha value is -12.2. The van der Waals surface area contributed by atoms with Crippen molar-refractivity contribution in [1.29, 1.82) is 0 Å². The molecule has 4 fully saturated rings. The highest BCUT2D eigenvalue weighted by atomic mass is 35.5. The summed E-state index contributed by atoms with van der Waals surface area (Å²) in [7, 11) is 8.82. The summed E-state index contributed by atoms with van der Waals surface area (Å²) in [4.78, 5) is 229. The number of halogens is 1. The van der Waals surface area contributed by atoms with Gasteiger partial charge in [-0.2, -0.15) is 0 Å². The molecule has 11 N–H and O–H groups in total. The molecule has 824 valence electrons. The molecule has 0 spiro atoms. The molecule has 4 aliphatic heterocycles. The van der Waals surface area contributed by atoms with Gasteiger partial charge in [0.1, 0.15) is 85.2 Å². The van der Waals surface area contributed by atoms with Gasteiger partial charge in [0.05, 0.1) is 51.4 Å². The van der Waals surface area contributed by atoms with E-state index >= 15 is 0 Å². The van der Waals surface area contributed by atoms with E-state index in [9.17, 15) is 92.0 Å². The minimum Gasteiger partial charge on any atom is -1.00 e. The SMILES string of the molecule is CC(C)C[C@H](C(=O)O)N(C)C(=O)OCc1ccccc1.CC[C@H](C)[C@H]1NC(=O)[C@@H](NC(=O)[C@@H](CC(C)C)N(C)C(=O)OCc2ccccc2)[C@@H](C)OC(=O)[C@H](Cc2ccc(OC)cc2)N(C)C(=O)[C@@H]2CCCN2C(=O)[C@H](CC(C)C)NC(=O)[C@H](C(C)C)OC(=O)C[C@@H]1O.CC[C@H](C)[C@H]1NC(=O)[C@@H]([NH3+])[C@@H](C)OC(=O)[C@H](Cc2ccc(OC)cc2)N(C)C(=O)[C@@H]2CCCN2C(=O)[C@H](CC(C)C)NC(=O)[C@H](C(C)C)OC(=O)C[C@@H]1O.[Cl-]. The summed E-state index contributed by atoms with van der Waals surface area (Å²) in [6.07, 6.45) is -7.32. The number of methoxy groups -OCH3 is 2. The number of amides is 11. The number of rotatable bonds is 29. The predicted molar refractivity (Wildman–Crippen MR) is 545 cm³/mol. The fourth-order valence-corrected chi connectivity index (χ4v) is 17.8. The van der Waals surface area contributed by atoms with Gasteiger partial charge in [-0.1, -0.05) is 209 Å². The molecule has 0 radical (unpaired) electrons. The van der Waals surface area contributed by atoms with Gasteiger partial charge < -0.3 is 118 Å². The van der Waals surface area contributed by atoms with Gasteiger partial charge in [-0.3, -0.25) is 62.5 Å². The van der Waals surface area contributed by atoms with E-state index in [0.29, 0.717) is 61.2 Å². The molecule has 0 unspecified atom stereocenters. The van der Waals surface area contributed by atoms with Crippen molar-refractivity contribution < 1.29 is 148 Å². The fraction of sp³-hybridized carbons (Fsp3) is 0.630. The normalized spacial score (nSPS) is 24.6. The number of carbonyl (C=O) groups excluding carboxylic acids is 15. The number of cyclic esters (lactones) is 4. The van der Waals surface area contributed by atoms with Crippen molar-refractivity contribution in [3.05, 3.63) is 131 Å². The molecule has 8 rings (SSSR count). The van der Waals surface area contributed by atoms with E-state index in [4.69, 9.17) is 37.9 Å². The number of fused-ring (bicyclic) bond motifs is 2. The molecule has 0 aromatic heterocycles. The lowest BCUT2D eigenvalue weighted by Crippen LogP contribution is -3.00. The Morgan fingerprint density at radius 3 is 1.18 bits per heavy atom. The highest BCUT2D eigenvalue weighted by molar-refractivity contribution is 5.98. The first kappa shape index (κ1) is 126. The lowest BCUT2D eigenvalue weighted by atomic mass is 9.92. The summed E-state index contributed by atoms with van der Waals surface area (Å²) in [6, 6.07) is 18.6. The third-order valence-corrected chi connectivity index (χ3v) is 27.0. The molecule has 4 aliphatic rings. The number of hydrogen-bond donors (Lipinski definition) is 9. The van der Waals surface area contributed by atoms with E-state index in [1.165, 1.54) is 75.9 Å². The maximum Gasteiger partial charge on any atom is 0.410 e. The molecule has 11 amide bonds. The first-order valence-corrected chi connectivity index (χ1v) is 51.3. The van der Waals surface area contributed by atoms with E-state index in [0.717, 1.165) is 20.9 Å². The number of carbonyl (C=O) groups is 16. The first-order valence-electron chi connectivity index (χ1n) is 51.3. The van der Waals surface area contributed by atoms with Crippen LogP contribution in [0.4, 0.5) is 9.59 Å². The number of nitrogens with one attached hydrogen (secondary N) is 5. The molecular formula is C108H163ClN12O27. The van der Waals surface area contributed by atoms with Crippen LogP contribution in [0.5, 0.6) is 11.5 Å². The number of carboxylic acid groups (broad SMARTS) is 1. The standard InChI is InChI=1S/C54H80N6O13.C39H61N5O10.C15H21NO4.ClH/c1-13-34(8)45-43(61)29-44(62)73-47(33(6)7)50(65)55-39(26-31(2)3)51(66)60-25-17-20-40(60)52(67)58(10)42(28-36-21-23-38(70-12)24-22-36)53(68)72-35(9)46(49(64)56-45)57-48(63)41(27-32(4)5)59(11)54(69)71-30-37-18-15-14-16-19-37;1-10-23(6)33-30(45)20-31(46)54-34(22(4)5)36(48)41-27(18-21(2)3)37(49)44-17-11-12-28(44)38(50)43(8)29(19-25-13-15-26(52-9)16-14-25)39(51)53-24(7)32(40)35(47)42-33;1-11(2)9-13(14(17)18)16(3)15(19)20-10-12-7-5-4-6-8-12;/h14-16,18-19,21-24,31-35,39-43,45-47,61H,13,17,20,25-30H2,1-12H3,(H,55,65)(H,56,64)(H,57,63);13-16,21-24,27-30,32-34,45H,10-12,17-20,40H2,1-9H3,(H,41,48)(H,42,47);4-8,11,13H,9-10H2,1-3H3,(H,17,18);1H/t34-,35+,39-,40-,41+,42-,43-,45+,46-,47-;23-,24+,27-,28-,29-,30-,32-,33+,34-;13-;/m001./s1. The van der Waals surface area contributed by atoms with Gasteiger partial charge >= 0.3 is 42.0 Å². The largest absolute Gasteiger partial charge is 1.00 e. The number of ether oxygens (including phenoxy) is 8. The average Bonchev–Trinajstić information content (AvgIpc) is 1.62. The van der Waals surface area contributed by atoms with Crippen LogP contribution in [0, 0.1) is 47.3 Å². The van der Waals surface area contributed by atoms with Crippen LogP contribution in [0.15, 0.2) is 109 Å². The van der Waals surface area contributed by atoms with E-state index in [1.54, 1.807) is 114 Å². The molecule has 40 heteroatoms. The minimum atomic E-state index is -1.68. The number of nitrogens with zero attached hydrogens (tertiary/aromatic N) is 6. The number of aliphatic hydroxyl groups is 2. The lowest BCUT2D eigenvalue weighted by Gasteiger charge is -2.35. The highest BCUT2D eigenvalue weighted by Crippen LogP contribution is 2.31. The smallest absolute Gasteiger partial charge is 0.410 e. The number of aliphatic carboxylic acids is 1. The number of esters is 4. The highest BCUT2D eigenvalue weighted by Gasteiger charge is 2.49. The number of benzene rings is 4. The molecular weight excluding hydrogens is 1930 g/mol. The van der Waals surface area contributed by atoms with Crippen LogP contribution in [0.2, 0.25) is 0 Å². The monoisotopic (exact) mass is 2100 g/mol. The molecule has 20 atom stereocenters. The fourth-order valence-electron chi connectivity index (χ4n) is 17.8. The van der Waals surface area contributed by atoms with Crippen LogP contribution >= 0.6 is 0 Å². The maximum atomic E-state index is 14.8. The van der Waals surface area contributed by atoms with Crippen molar-refractivity contribution in [1.82, 2.24) is 56.0 Å². The van der Waals surface area contributed by atoms with Crippen LogP contribution < -0.4 is 54.2 Å². The summed E-state index contributed by atoms with van der Waals surface area (Å²) in [5.74, 6) is -11.1. The Labute approximate surface area is 877 Å². The number of carboxylic acids is 1. The van der Waals surface area contributed by atoms with Crippen molar-refractivity contribution >= 4 is 95.2 Å². The molecule has 0 aliphatic carbocycles. The second kappa shape index (κ2) is 61.0. The van der Waals surface area contributed by atoms with Crippen molar-refractivity contribution in [2.24, 2.45) is 47.3 Å². The Kier molecular flexibility index (Phi) is 52.1. The third-order valence-electron chi connectivity index (χ3n) is 27.0. The molecule has 39 nitrogen and oxygen atoms in total. The van der Waals surface area contributed by atoms with Crippen molar-refractivity contribution in [3.63, 3.8) is 0 Å². The van der Waals surface area contributed by atoms with Crippen LogP contribution in [0.1, 0.15) is 224 Å². The molecule has 4 saturated heterocycles. The summed E-state index contributed by atoms with van der Waals surface area (Å²) in [5.41, 5.74) is 6.86. The third kappa shape index (κ3) is 37.8. The first-order chi connectivity index (χ1) is 69.3. The molecule has 0 bridgehead atoms. The Morgan fingerprint density at radius 1 is 0.473 bits per heavy atom. The van der Waals surface area contributed by atoms with Gasteiger partial charge in [0.25, 0.3) is 17.7 Å². The zero-order chi connectivity index (χ0) is 110. The van der Waals surface area contributed by atoms with E-state index in [1.807, 2.05) is 106 Å². The zero-order valence-corrected chi connectivity index (χ0v) is 91.3.